The van der Waals surface area contributed by atoms with E-state index in [4.69, 9.17) is 4.74 Å². The Kier molecular flexibility index (Phi) is 6.73. The Morgan fingerprint density at radius 1 is 1.21 bits per heavy atom. The number of ether oxygens (including phenoxy) is 1. The van der Waals surface area contributed by atoms with Crippen molar-refractivity contribution in [2.24, 2.45) is 0 Å². The summed E-state index contributed by atoms with van der Waals surface area (Å²) >= 11 is 0. The molecule has 3 amide bonds. The molecule has 2 rings (SSSR count). The van der Waals surface area contributed by atoms with Crippen LogP contribution >= 0.6 is 0 Å². The molecule has 0 radical (unpaired) electrons. The predicted molar refractivity (Wildman–Crippen MR) is 101 cm³/mol. The van der Waals surface area contributed by atoms with Gasteiger partial charge in [-0.2, -0.15) is 0 Å². The summed E-state index contributed by atoms with van der Waals surface area (Å²) in [4.78, 5) is 48.2. The first-order chi connectivity index (χ1) is 13.5. The third-order valence-corrected chi connectivity index (χ3v) is 4.00. The summed E-state index contributed by atoms with van der Waals surface area (Å²) in [5.41, 5.74) is -0.346. The van der Waals surface area contributed by atoms with Crippen LogP contribution < -0.4 is 5.32 Å². The average molecular weight is 406 g/mol. The molecule has 1 heterocycles. The second kappa shape index (κ2) is 8.85. The molecule has 0 fully saturated rings. The lowest BCUT2D eigenvalue weighted by molar-refractivity contribution is -0.139. The van der Waals surface area contributed by atoms with Crippen LogP contribution in [-0.4, -0.2) is 52.1 Å². The molecule has 156 valence electrons. The maximum atomic E-state index is 14.2. The first kappa shape index (κ1) is 22.1. The van der Waals surface area contributed by atoms with E-state index < -0.39 is 47.9 Å². The Morgan fingerprint density at radius 2 is 1.76 bits per heavy atom. The highest BCUT2D eigenvalue weighted by Crippen LogP contribution is 2.23. The second-order valence-electron chi connectivity index (χ2n) is 7.51. The van der Waals surface area contributed by atoms with Crippen molar-refractivity contribution in [3.63, 3.8) is 0 Å². The second-order valence-corrected chi connectivity index (χ2v) is 7.51. The maximum absolute atomic E-state index is 14.2. The molecule has 2 N–H and O–H groups in total. The van der Waals surface area contributed by atoms with Crippen LogP contribution in [-0.2, 0) is 9.53 Å². The highest BCUT2D eigenvalue weighted by molar-refractivity contribution is 6.21. The zero-order valence-corrected chi connectivity index (χ0v) is 16.4. The highest BCUT2D eigenvalue weighted by Gasteiger charge is 2.35. The number of nitrogens with one attached hydrogen (secondary N) is 1. The van der Waals surface area contributed by atoms with Gasteiger partial charge < -0.3 is 15.2 Å². The van der Waals surface area contributed by atoms with Crippen LogP contribution in [0.3, 0.4) is 0 Å². The van der Waals surface area contributed by atoms with Crippen LogP contribution in [0.1, 0.15) is 54.3 Å². The zero-order valence-electron chi connectivity index (χ0n) is 16.4. The summed E-state index contributed by atoms with van der Waals surface area (Å²) in [5.74, 6) is -3.20. The van der Waals surface area contributed by atoms with Crippen LogP contribution in [0.15, 0.2) is 36.2 Å². The van der Waals surface area contributed by atoms with Crippen molar-refractivity contribution in [1.29, 1.82) is 0 Å². The topological polar surface area (TPSA) is 113 Å². The van der Waals surface area contributed by atoms with Gasteiger partial charge in [-0.3, -0.25) is 14.5 Å². The number of carbonyl (C=O) groups is 4. The number of carboxylic acids is 1. The number of hydrogen-bond donors (Lipinski definition) is 2. The summed E-state index contributed by atoms with van der Waals surface area (Å²) in [7, 11) is 0. The Bertz CT molecular complexity index is 824. The fourth-order valence-corrected chi connectivity index (χ4v) is 2.71. The number of imide groups is 1. The number of halogens is 1. The number of allylic oxidation sites excluding steroid dienone is 1. The molecule has 8 nitrogen and oxygen atoms in total. The van der Waals surface area contributed by atoms with E-state index in [0.717, 1.165) is 11.0 Å². The van der Waals surface area contributed by atoms with Gasteiger partial charge in [0, 0.05) is 0 Å². The van der Waals surface area contributed by atoms with Crippen LogP contribution in [0.2, 0.25) is 0 Å². The molecule has 0 saturated heterocycles. The third-order valence-electron chi connectivity index (χ3n) is 4.00. The minimum Gasteiger partial charge on any atom is -0.480 e. The van der Waals surface area contributed by atoms with Gasteiger partial charge in [-0.1, -0.05) is 18.2 Å². The van der Waals surface area contributed by atoms with Gasteiger partial charge in [-0.25, -0.2) is 14.0 Å². The van der Waals surface area contributed by atoms with Crippen molar-refractivity contribution in [2.75, 3.05) is 6.54 Å². The maximum Gasteiger partial charge on any atom is 0.408 e. The van der Waals surface area contributed by atoms with Crippen molar-refractivity contribution >= 4 is 23.9 Å². The van der Waals surface area contributed by atoms with Crippen molar-refractivity contribution in [1.82, 2.24) is 10.2 Å². The molecule has 1 aromatic carbocycles. The molecule has 0 saturated carbocycles. The van der Waals surface area contributed by atoms with Crippen molar-refractivity contribution in [2.45, 2.75) is 45.3 Å². The number of carboxylic acid groups (broad SMARTS) is 1. The minimum atomic E-state index is -1.29. The molecule has 1 aromatic rings. The first-order valence-electron chi connectivity index (χ1n) is 9.01. The zero-order chi connectivity index (χ0) is 21.8. The lowest BCUT2D eigenvalue weighted by Gasteiger charge is -2.21. The van der Waals surface area contributed by atoms with E-state index in [9.17, 15) is 28.7 Å². The summed E-state index contributed by atoms with van der Waals surface area (Å²) in [6.45, 7) is 4.38. The average Bonchev–Trinajstić information content (AvgIpc) is 2.84. The Hall–Kier alpha value is -3.23. The van der Waals surface area contributed by atoms with E-state index in [1.54, 1.807) is 32.9 Å². The molecular formula is C20H23FN2O6. The van der Waals surface area contributed by atoms with E-state index in [1.807, 2.05) is 0 Å². The molecule has 0 spiro atoms. The highest BCUT2D eigenvalue weighted by atomic mass is 19.1. The van der Waals surface area contributed by atoms with Gasteiger partial charge in [0.25, 0.3) is 11.8 Å². The number of hydrogen-bond acceptors (Lipinski definition) is 5. The smallest absolute Gasteiger partial charge is 0.408 e. The van der Waals surface area contributed by atoms with Gasteiger partial charge in [0.2, 0.25) is 0 Å². The SMILES string of the molecule is CC(C)(C)OC(=O)N[C@@H](CC/C=C(\F)CN1C(=O)c2ccccc2C1=O)C(=O)O. The fourth-order valence-electron chi connectivity index (χ4n) is 2.71. The van der Waals surface area contributed by atoms with Crippen molar-refractivity contribution < 1.29 is 33.4 Å². The van der Waals surface area contributed by atoms with E-state index >= 15 is 0 Å². The number of aliphatic carboxylic acids is 1. The van der Waals surface area contributed by atoms with E-state index in [2.05, 4.69) is 5.32 Å². The standard InChI is InChI=1S/C20H23FN2O6/c1-20(2,3)29-19(28)22-15(18(26)27)10-6-7-12(21)11-23-16(24)13-8-4-5-9-14(13)17(23)25/h4-5,7-9,15H,6,10-11H2,1-3H3,(H,22,28)(H,26,27)/b12-7-/t15-/m0/s1. The van der Waals surface area contributed by atoms with Gasteiger partial charge in [-0.05, 0) is 45.7 Å². The van der Waals surface area contributed by atoms with Crippen LogP contribution in [0.4, 0.5) is 9.18 Å². The summed E-state index contributed by atoms with van der Waals surface area (Å²) in [6.07, 6.45) is 0.0858. The number of carbonyl (C=O) groups excluding carboxylic acids is 3. The molecule has 1 aliphatic heterocycles. The number of alkyl carbamates (subject to hydrolysis) is 1. The quantitative estimate of drug-likeness (QED) is 0.673. The molecule has 1 aliphatic rings. The van der Waals surface area contributed by atoms with Gasteiger partial charge in [0.15, 0.2) is 0 Å². The summed E-state index contributed by atoms with van der Waals surface area (Å²) < 4.78 is 19.2. The van der Waals surface area contributed by atoms with E-state index in [1.165, 1.54) is 12.1 Å². The molecule has 0 aliphatic carbocycles. The summed E-state index contributed by atoms with van der Waals surface area (Å²) in [6, 6.07) is 4.95. The van der Waals surface area contributed by atoms with Crippen LogP contribution in [0, 0.1) is 0 Å². The van der Waals surface area contributed by atoms with Gasteiger partial charge >= 0.3 is 12.1 Å². The van der Waals surface area contributed by atoms with E-state index in [0.29, 0.717) is 0 Å². The molecular weight excluding hydrogens is 383 g/mol. The van der Waals surface area contributed by atoms with Crippen molar-refractivity contribution in [3.05, 3.63) is 47.3 Å². The molecule has 9 heteroatoms. The third kappa shape index (κ3) is 5.87. The Morgan fingerprint density at radius 3 is 2.24 bits per heavy atom. The lowest BCUT2D eigenvalue weighted by Crippen LogP contribution is -2.43. The fraction of sp³-hybridized carbons (Fsp3) is 0.400. The number of benzene rings is 1. The van der Waals surface area contributed by atoms with Gasteiger partial charge in [0.05, 0.1) is 17.7 Å². The molecule has 0 bridgehead atoms. The number of nitrogens with zero attached hydrogens (tertiary/aromatic N) is 1. The Labute approximate surface area is 167 Å². The molecule has 1 atom stereocenters. The number of amides is 3. The predicted octanol–water partition coefficient (Wildman–Crippen LogP) is 2.89. The van der Waals surface area contributed by atoms with Crippen molar-refractivity contribution in [3.8, 4) is 0 Å². The summed E-state index contributed by atoms with van der Waals surface area (Å²) in [5, 5.41) is 11.4. The molecule has 29 heavy (non-hydrogen) atoms. The van der Waals surface area contributed by atoms with Gasteiger partial charge in [0.1, 0.15) is 17.5 Å². The van der Waals surface area contributed by atoms with Crippen LogP contribution in [0.5, 0.6) is 0 Å². The number of rotatable bonds is 7. The normalized spacial score (nSPS) is 15.2. The lowest BCUT2D eigenvalue weighted by atomic mass is 10.1. The number of fused-ring (bicyclic) bond motifs is 1. The van der Waals surface area contributed by atoms with Crippen LogP contribution in [0.25, 0.3) is 0 Å². The van der Waals surface area contributed by atoms with Gasteiger partial charge in [-0.15, -0.1) is 0 Å². The first-order valence-corrected chi connectivity index (χ1v) is 9.01. The largest absolute Gasteiger partial charge is 0.480 e. The molecule has 0 aromatic heterocycles. The monoisotopic (exact) mass is 406 g/mol. The van der Waals surface area contributed by atoms with E-state index in [-0.39, 0.29) is 24.0 Å². The molecule has 0 unspecified atom stereocenters. The Balaban J connectivity index is 1.92. The minimum absolute atomic E-state index is 0.0260.